The van der Waals surface area contributed by atoms with Crippen molar-refractivity contribution in [1.29, 1.82) is 0 Å². The van der Waals surface area contributed by atoms with Crippen molar-refractivity contribution in [3.05, 3.63) is 40.3 Å². The van der Waals surface area contributed by atoms with Crippen LogP contribution in [0.2, 0.25) is 0 Å². The van der Waals surface area contributed by atoms with Gasteiger partial charge in [-0.2, -0.15) is 13.2 Å². The van der Waals surface area contributed by atoms with Crippen LogP contribution in [0.1, 0.15) is 42.2 Å². The minimum absolute atomic E-state index is 0.0146. The standard InChI is InChI=1S/C18H16BrF4N7O3/c1-2-3-4-7-28-13-11(25-16(19)26-13)14(31)29-12(9-5-6-24-8-10(9)20)27-30(17(28)29)33-15(32)18(21,22)23/h5-6,8,17H,2-4,7H2,1H3,(H,25,26). The zero-order chi connectivity index (χ0) is 23.9. The number of hydroxylamine groups is 1. The molecule has 1 unspecified atom stereocenters. The van der Waals surface area contributed by atoms with Crippen LogP contribution in [0.3, 0.4) is 0 Å². The SMILES string of the molecule is CCCCCN1c2nc(Br)[nH]c2C(=O)N2C(c3ccncc3F)=NN(OC(=O)C(F)(F)F)C21. The maximum absolute atomic E-state index is 14.5. The number of unbranched alkanes of at least 4 members (excludes halogenated alkanes) is 2. The summed E-state index contributed by atoms with van der Waals surface area (Å²) in [6.07, 6.45) is -2.49. The average molecular weight is 534 g/mol. The molecular formula is C18H16BrF4N7O3. The van der Waals surface area contributed by atoms with Crippen molar-refractivity contribution >= 4 is 39.5 Å². The number of nitrogens with zero attached hydrogens (tertiary/aromatic N) is 6. The van der Waals surface area contributed by atoms with Gasteiger partial charge in [-0.1, -0.05) is 24.9 Å². The fourth-order valence-electron chi connectivity index (χ4n) is 3.48. The van der Waals surface area contributed by atoms with E-state index in [2.05, 4.69) is 40.8 Å². The van der Waals surface area contributed by atoms with Gasteiger partial charge in [0.25, 0.3) is 5.91 Å². The number of carbonyl (C=O) groups excluding carboxylic acids is 2. The number of nitrogens with one attached hydrogen (secondary N) is 1. The molecule has 15 heteroatoms. The van der Waals surface area contributed by atoms with Crippen LogP contribution in [0.5, 0.6) is 0 Å². The second-order valence-corrected chi connectivity index (χ2v) is 7.86. The van der Waals surface area contributed by atoms with Crippen LogP contribution >= 0.6 is 15.9 Å². The number of rotatable bonds is 6. The maximum Gasteiger partial charge on any atom is 0.493 e. The first-order valence-electron chi connectivity index (χ1n) is 9.76. The number of amides is 1. The molecule has 4 heterocycles. The largest absolute Gasteiger partial charge is 0.493 e. The van der Waals surface area contributed by atoms with E-state index in [9.17, 15) is 27.2 Å². The summed E-state index contributed by atoms with van der Waals surface area (Å²) in [5.41, 5.74) is -0.203. The number of halogens is 5. The molecule has 1 atom stereocenters. The summed E-state index contributed by atoms with van der Waals surface area (Å²) in [5, 5.41) is 4.23. The van der Waals surface area contributed by atoms with E-state index >= 15 is 0 Å². The number of aromatic nitrogens is 3. The van der Waals surface area contributed by atoms with Gasteiger partial charge in [-0.3, -0.25) is 9.78 Å². The van der Waals surface area contributed by atoms with Gasteiger partial charge in [-0.05, 0) is 28.4 Å². The average Bonchev–Trinajstić information content (AvgIpc) is 3.31. The molecule has 2 aliphatic rings. The van der Waals surface area contributed by atoms with Gasteiger partial charge in [-0.25, -0.2) is 19.1 Å². The first-order valence-corrected chi connectivity index (χ1v) is 10.5. The number of hydrogen-bond donors (Lipinski definition) is 1. The van der Waals surface area contributed by atoms with Crippen LogP contribution < -0.4 is 4.90 Å². The van der Waals surface area contributed by atoms with Gasteiger partial charge >= 0.3 is 12.1 Å². The van der Waals surface area contributed by atoms with Gasteiger partial charge in [-0.15, -0.1) is 5.10 Å². The number of pyridine rings is 1. The van der Waals surface area contributed by atoms with E-state index in [-0.39, 0.29) is 34.2 Å². The van der Waals surface area contributed by atoms with Gasteiger partial charge in [0.2, 0.25) is 6.29 Å². The summed E-state index contributed by atoms with van der Waals surface area (Å²) in [6, 6.07) is 1.20. The molecule has 2 aromatic rings. The van der Waals surface area contributed by atoms with Crippen molar-refractivity contribution in [1.82, 2.24) is 25.0 Å². The van der Waals surface area contributed by atoms with E-state index in [4.69, 9.17) is 0 Å². The van der Waals surface area contributed by atoms with E-state index < -0.39 is 30.2 Å². The van der Waals surface area contributed by atoms with E-state index in [0.717, 1.165) is 23.9 Å². The third-order valence-electron chi connectivity index (χ3n) is 4.91. The van der Waals surface area contributed by atoms with Crippen molar-refractivity contribution in [2.75, 3.05) is 11.4 Å². The Morgan fingerprint density at radius 1 is 1.33 bits per heavy atom. The number of H-pyrrole nitrogens is 1. The van der Waals surface area contributed by atoms with E-state index in [1.54, 1.807) is 0 Å². The zero-order valence-corrected chi connectivity index (χ0v) is 18.5. The normalized spacial score (nSPS) is 17.8. The fraction of sp³-hybridized carbons (Fsp3) is 0.389. The van der Waals surface area contributed by atoms with Crippen LogP contribution in [0, 0.1) is 5.82 Å². The minimum atomic E-state index is -5.32. The molecule has 1 N–H and O–H groups in total. The summed E-state index contributed by atoms with van der Waals surface area (Å²) >= 11 is 3.15. The van der Waals surface area contributed by atoms with Crippen LogP contribution in [0.25, 0.3) is 0 Å². The fourth-order valence-corrected chi connectivity index (χ4v) is 3.85. The Kier molecular flexibility index (Phi) is 5.99. The molecule has 2 aromatic heterocycles. The van der Waals surface area contributed by atoms with Crippen molar-refractivity contribution in [2.24, 2.45) is 5.10 Å². The number of imidazole rings is 1. The third kappa shape index (κ3) is 4.12. The van der Waals surface area contributed by atoms with Crippen molar-refractivity contribution in [3.63, 3.8) is 0 Å². The lowest BCUT2D eigenvalue weighted by atomic mass is 10.1. The molecule has 0 radical (unpaired) electrons. The molecule has 0 spiro atoms. The van der Waals surface area contributed by atoms with Crippen LogP contribution in [-0.4, -0.2) is 61.7 Å². The molecule has 10 nitrogen and oxygen atoms in total. The molecule has 1 amide bonds. The molecular weight excluding hydrogens is 518 g/mol. The number of anilines is 1. The topological polar surface area (TPSA) is 107 Å². The van der Waals surface area contributed by atoms with Gasteiger partial charge < -0.3 is 14.7 Å². The summed E-state index contributed by atoms with van der Waals surface area (Å²) in [4.78, 5) is 42.4. The molecule has 0 saturated heterocycles. The number of hydrogen-bond acceptors (Lipinski definition) is 8. The lowest BCUT2D eigenvalue weighted by Gasteiger charge is -2.40. The molecule has 2 aliphatic heterocycles. The Hall–Kier alpha value is -3.23. The monoisotopic (exact) mass is 533 g/mol. The molecule has 0 aliphatic carbocycles. The Balaban J connectivity index is 1.83. The molecule has 0 bridgehead atoms. The predicted octanol–water partition coefficient (Wildman–Crippen LogP) is 3.14. The maximum atomic E-state index is 14.5. The smallest absolute Gasteiger partial charge is 0.327 e. The van der Waals surface area contributed by atoms with Crippen LogP contribution in [0.4, 0.5) is 23.4 Å². The third-order valence-corrected chi connectivity index (χ3v) is 5.29. The van der Waals surface area contributed by atoms with Gasteiger partial charge in [0.15, 0.2) is 22.2 Å². The molecule has 33 heavy (non-hydrogen) atoms. The Labute approximate surface area is 192 Å². The number of amidine groups is 1. The first-order chi connectivity index (χ1) is 15.6. The van der Waals surface area contributed by atoms with E-state index in [1.165, 1.54) is 17.2 Å². The molecule has 0 aromatic carbocycles. The zero-order valence-electron chi connectivity index (χ0n) is 16.9. The quantitative estimate of drug-likeness (QED) is 0.449. The molecule has 176 valence electrons. The van der Waals surface area contributed by atoms with E-state index in [0.29, 0.717) is 11.6 Å². The summed E-state index contributed by atoms with van der Waals surface area (Å²) in [5.74, 6) is -4.39. The van der Waals surface area contributed by atoms with Crippen LogP contribution in [0.15, 0.2) is 28.3 Å². The number of fused-ring (bicyclic) bond motifs is 2. The van der Waals surface area contributed by atoms with Crippen LogP contribution in [-0.2, 0) is 9.63 Å². The molecule has 0 saturated carbocycles. The van der Waals surface area contributed by atoms with Crippen molar-refractivity contribution in [2.45, 2.75) is 38.7 Å². The molecule has 4 rings (SSSR count). The summed E-state index contributed by atoms with van der Waals surface area (Å²) in [7, 11) is 0. The van der Waals surface area contributed by atoms with E-state index in [1.807, 2.05) is 6.92 Å². The van der Waals surface area contributed by atoms with Crippen molar-refractivity contribution in [3.8, 4) is 0 Å². The molecule has 0 fully saturated rings. The highest BCUT2D eigenvalue weighted by Gasteiger charge is 2.53. The highest BCUT2D eigenvalue weighted by atomic mass is 79.9. The van der Waals surface area contributed by atoms with Gasteiger partial charge in [0.05, 0.1) is 11.8 Å². The summed E-state index contributed by atoms with van der Waals surface area (Å²) < 4.78 is 53.5. The highest BCUT2D eigenvalue weighted by Crippen LogP contribution is 2.37. The van der Waals surface area contributed by atoms with Gasteiger partial charge in [0, 0.05) is 12.7 Å². The first kappa shape index (κ1) is 22.9. The van der Waals surface area contributed by atoms with Crippen molar-refractivity contribution < 1.29 is 32.0 Å². The number of aromatic amines is 1. The minimum Gasteiger partial charge on any atom is -0.327 e. The van der Waals surface area contributed by atoms with Gasteiger partial charge in [0.1, 0.15) is 5.69 Å². The number of carbonyl (C=O) groups is 2. The Morgan fingerprint density at radius 3 is 2.76 bits per heavy atom. The highest BCUT2D eigenvalue weighted by molar-refractivity contribution is 9.10. The lowest BCUT2D eigenvalue weighted by molar-refractivity contribution is -0.249. The number of alkyl halides is 3. The second kappa shape index (κ2) is 8.61. The summed E-state index contributed by atoms with van der Waals surface area (Å²) in [6.45, 7) is 2.19. The predicted molar refractivity (Wildman–Crippen MR) is 108 cm³/mol. The number of hydrazone groups is 1. The second-order valence-electron chi connectivity index (χ2n) is 7.11. The lowest BCUT2D eigenvalue weighted by Crippen LogP contribution is -2.60. The Bertz CT molecular complexity index is 1120. The Morgan fingerprint density at radius 2 is 2.09 bits per heavy atom.